The van der Waals surface area contributed by atoms with Crippen molar-refractivity contribution in [1.82, 2.24) is 14.1 Å². The van der Waals surface area contributed by atoms with Gasteiger partial charge in [-0.05, 0) is 6.07 Å². The zero-order valence-electron chi connectivity index (χ0n) is 5.03. The number of rotatable bonds is 0. The smallest absolute Gasteiger partial charge is 0.116 e. The molecule has 0 aliphatic rings. The maximum Gasteiger partial charge on any atom is 0.116 e. The van der Waals surface area contributed by atoms with Crippen molar-refractivity contribution in [3.8, 4) is 0 Å². The highest BCUT2D eigenvalue weighted by atomic mass is 35.5. The van der Waals surface area contributed by atoms with Gasteiger partial charge in [0.2, 0.25) is 0 Å². The van der Waals surface area contributed by atoms with Crippen molar-refractivity contribution < 1.29 is 0 Å². The first-order valence-electron chi connectivity index (χ1n) is 2.81. The first-order chi connectivity index (χ1) is 4.88. The van der Waals surface area contributed by atoms with Crippen LogP contribution in [0.25, 0.3) is 11.0 Å². The average Bonchev–Trinajstić information content (AvgIpc) is 2.34. The first kappa shape index (κ1) is 5.68. The predicted octanol–water partition coefficient (Wildman–Crippen LogP) is 1.43. The van der Waals surface area contributed by atoms with Crippen LogP contribution in [0.3, 0.4) is 0 Å². The van der Waals surface area contributed by atoms with Crippen LogP contribution in [0.15, 0.2) is 24.8 Å². The third kappa shape index (κ3) is 0.675. The number of hydrogen-bond donors (Lipinski definition) is 0. The molecule has 2 aromatic rings. The van der Waals surface area contributed by atoms with Crippen LogP contribution < -0.4 is 0 Å². The lowest BCUT2D eigenvalue weighted by molar-refractivity contribution is 1.20. The zero-order chi connectivity index (χ0) is 6.97. The average molecular weight is 154 g/mol. The van der Waals surface area contributed by atoms with Crippen LogP contribution in [0, 0.1) is 0 Å². The molecule has 0 saturated carbocycles. The minimum absolute atomic E-state index is 0.837. The molecule has 0 aromatic carbocycles. The summed E-state index contributed by atoms with van der Waals surface area (Å²) in [6, 6.07) is 1.84. The largest absolute Gasteiger partial charge is 0.257 e. The summed E-state index contributed by atoms with van der Waals surface area (Å²) in [5.41, 5.74) is 1.70. The highest BCUT2D eigenvalue weighted by Crippen LogP contribution is 2.11. The maximum absolute atomic E-state index is 5.71. The van der Waals surface area contributed by atoms with Crippen molar-refractivity contribution in [3.63, 3.8) is 0 Å². The Morgan fingerprint density at radius 1 is 1.50 bits per heavy atom. The fourth-order valence-electron chi connectivity index (χ4n) is 0.841. The lowest BCUT2D eigenvalue weighted by Gasteiger charge is -1.88. The van der Waals surface area contributed by atoms with E-state index in [-0.39, 0.29) is 0 Å². The summed E-state index contributed by atoms with van der Waals surface area (Å²) in [7, 11) is 0. The second-order valence-corrected chi connectivity index (χ2v) is 2.28. The van der Waals surface area contributed by atoms with Crippen LogP contribution in [-0.2, 0) is 0 Å². The highest BCUT2D eigenvalue weighted by Gasteiger charge is 1.96. The van der Waals surface area contributed by atoms with Gasteiger partial charge in [0.05, 0.1) is 11.7 Å². The standard InChI is InChI=1S/C6H4ClN3/c7-10-2-1-5-6(10)3-8-4-9-5/h1-4H. The first-order valence-corrected chi connectivity index (χ1v) is 3.15. The van der Waals surface area contributed by atoms with Crippen molar-refractivity contribution in [2.45, 2.75) is 0 Å². The van der Waals surface area contributed by atoms with E-state index in [1.807, 2.05) is 6.07 Å². The van der Waals surface area contributed by atoms with E-state index in [9.17, 15) is 0 Å². The Bertz CT molecular complexity index is 355. The Labute approximate surface area is 62.4 Å². The normalized spacial score (nSPS) is 10.5. The molecular formula is C6H4ClN3. The summed E-state index contributed by atoms with van der Waals surface area (Å²) in [5, 5.41) is 0. The van der Waals surface area contributed by atoms with Crippen LogP contribution in [-0.4, -0.2) is 14.1 Å². The maximum atomic E-state index is 5.71. The van der Waals surface area contributed by atoms with E-state index < -0.39 is 0 Å². The van der Waals surface area contributed by atoms with Gasteiger partial charge in [-0.25, -0.2) is 9.97 Å². The fraction of sp³-hybridized carbons (Fsp3) is 0. The van der Waals surface area contributed by atoms with Gasteiger partial charge in [0.25, 0.3) is 0 Å². The Kier molecular flexibility index (Phi) is 1.11. The molecule has 3 nitrogen and oxygen atoms in total. The van der Waals surface area contributed by atoms with Crippen molar-refractivity contribution in [1.29, 1.82) is 0 Å². The van der Waals surface area contributed by atoms with Crippen LogP contribution in [0.1, 0.15) is 0 Å². The summed E-state index contributed by atoms with van der Waals surface area (Å²) in [5.74, 6) is 0. The van der Waals surface area contributed by atoms with Gasteiger partial charge in [-0.2, -0.15) is 0 Å². The Hall–Kier alpha value is -1.09. The van der Waals surface area contributed by atoms with Crippen molar-refractivity contribution in [3.05, 3.63) is 24.8 Å². The van der Waals surface area contributed by atoms with Gasteiger partial charge in [-0.15, -0.1) is 0 Å². The fourth-order valence-corrected chi connectivity index (χ4v) is 1.03. The zero-order valence-corrected chi connectivity index (χ0v) is 5.78. The van der Waals surface area contributed by atoms with Crippen molar-refractivity contribution in [2.24, 2.45) is 0 Å². The van der Waals surface area contributed by atoms with Gasteiger partial charge in [-0.3, -0.25) is 4.09 Å². The van der Waals surface area contributed by atoms with Crippen molar-refractivity contribution in [2.75, 3.05) is 0 Å². The Morgan fingerprint density at radius 2 is 2.40 bits per heavy atom. The van der Waals surface area contributed by atoms with E-state index in [1.165, 1.54) is 10.4 Å². The van der Waals surface area contributed by atoms with E-state index in [1.54, 1.807) is 12.4 Å². The summed E-state index contributed by atoms with van der Waals surface area (Å²) in [6.45, 7) is 0. The predicted molar refractivity (Wildman–Crippen MR) is 38.8 cm³/mol. The molecule has 2 aromatic heterocycles. The molecule has 0 aliphatic heterocycles. The molecule has 0 fully saturated rings. The topological polar surface area (TPSA) is 30.7 Å². The van der Waals surface area contributed by atoms with Crippen LogP contribution >= 0.6 is 11.8 Å². The second kappa shape index (κ2) is 1.95. The molecule has 0 aliphatic carbocycles. The quantitative estimate of drug-likeness (QED) is 0.573. The number of fused-ring (bicyclic) bond motifs is 1. The van der Waals surface area contributed by atoms with Gasteiger partial charge in [0, 0.05) is 18.0 Å². The number of halogens is 1. The molecule has 0 unspecified atom stereocenters. The van der Waals surface area contributed by atoms with Crippen LogP contribution in [0.4, 0.5) is 0 Å². The minimum Gasteiger partial charge on any atom is -0.257 e. The molecule has 0 spiro atoms. The minimum atomic E-state index is 0.837. The molecule has 2 heterocycles. The second-order valence-electron chi connectivity index (χ2n) is 1.92. The number of nitrogens with zero attached hydrogens (tertiary/aromatic N) is 3. The Morgan fingerprint density at radius 3 is 3.20 bits per heavy atom. The molecule has 0 amide bonds. The van der Waals surface area contributed by atoms with Gasteiger partial charge in [0.15, 0.2) is 0 Å². The third-order valence-corrected chi connectivity index (χ3v) is 1.61. The molecule has 10 heavy (non-hydrogen) atoms. The van der Waals surface area contributed by atoms with Gasteiger partial charge in [0.1, 0.15) is 11.8 Å². The summed E-state index contributed by atoms with van der Waals surface area (Å²) in [6.07, 6.45) is 4.91. The van der Waals surface area contributed by atoms with Gasteiger partial charge in [-0.1, -0.05) is 0 Å². The molecular weight excluding hydrogens is 150 g/mol. The molecule has 50 valence electrons. The molecule has 0 N–H and O–H groups in total. The number of aromatic nitrogens is 3. The highest BCUT2D eigenvalue weighted by molar-refractivity contribution is 6.18. The Balaban J connectivity index is 2.93. The van der Waals surface area contributed by atoms with E-state index in [0.717, 1.165) is 11.0 Å². The SMILES string of the molecule is Cln1ccc2ncncc21. The van der Waals surface area contributed by atoms with Crippen molar-refractivity contribution >= 4 is 22.8 Å². The van der Waals surface area contributed by atoms with E-state index in [2.05, 4.69) is 9.97 Å². The molecule has 4 heteroatoms. The lowest BCUT2D eigenvalue weighted by atomic mass is 10.5. The summed E-state index contributed by atoms with van der Waals surface area (Å²) >= 11 is 5.71. The van der Waals surface area contributed by atoms with Crippen LogP contribution in [0.5, 0.6) is 0 Å². The molecule has 0 radical (unpaired) electrons. The van der Waals surface area contributed by atoms with Gasteiger partial charge >= 0.3 is 0 Å². The molecule has 0 saturated heterocycles. The molecule has 0 bridgehead atoms. The summed E-state index contributed by atoms with van der Waals surface area (Å²) in [4.78, 5) is 7.82. The molecule has 0 atom stereocenters. The van der Waals surface area contributed by atoms with E-state index >= 15 is 0 Å². The van der Waals surface area contributed by atoms with Crippen LogP contribution in [0.2, 0.25) is 0 Å². The lowest BCUT2D eigenvalue weighted by Crippen LogP contribution is -1.79. The molecule has 2 rings (SSSR count). The van der Waals surface area contributed by atoms with Gasteiger partial charge < -0.3 is 0 Å². The van der Waals surface area contributed by atoms with E-state index in [0.29, 0.717) is 0 Å². The summed E-state index contributed by atoms with van der Waals surface area (Å²) < 4.78 is 1.47. The third-order valence-electron chi connectivity index (χ3n) is 1.32. The van der Waals surface area contributed by atoms with E-state index in [4.69, 9.17) is 11.8 Å². The monoisotopic (exact) mass is 153 g/mol. The number of hydrogen-bond acceptors (Lipinski definition) is 2.